The number of likely N-dealkylation sites (N-methyl/N-ethyl adjacent to an activating group) is 4. The molecule has 2 saturated heterocycles. The van der Waals surface area contributed by atoms with Gasteiger partial charge in [0.15, 0.2) is 33.8 Å². The van der Waals surface area contributed by atoms with Crippen molar-refractivity contribution in [2.45, 2.75) is 10.8 Å². The monoisotopic (exact) mass is 556 g/mol. The van der Waals surface area contributed by atoms with E-state index in [2.05, 4.69) is 0 Å². The Kier molecular flexibility index (Phi) is 5.08. The van der Waals surface area contributed by atoms with Gasteiger partial charge in [0.25, 0.3) is 11.8 Å². The van der Waals surface area contributed by atoms with Crippen molar-refractivity contribution in [3.05, 3.63) is 46.5 Å². The Morgan fingerprint density at radius 3 is 1.00 bits per heavy atom. The summed E-state index contributed by atoms with van der Waals surface area (Å²) in [5.41, 5.74) is -4.66. The highest BCUT2D eigenvalue weighted by atomic mass is 32.1. The number of benzene rings is 2. The van der Waals surface area contributed by atoms with E-state index in [9.17, 15) is 39.6 Å². The normalized spacial score (nSPS) is 25.1. The van der Waals surface area contributed by atoms with E-state index in [1.54, 1.807) is 0 Å². The number of imide groups is 2. The summed E-state index contributed by atoms with van der Waals surface area (Å²) in [5.74, 6) is -4.46. The summed E-state index contributed by atoms with van der Waals surface area (Å²) in [7, 11) is 5.09. The maximum atomic E-state index is 14.1. The zero-order valence-corrected chi connectivity index (χ0v) is 22.0. The van der Waals surface area contributed by atoms with Gasteiger partial charge in [-0.05, 0) is 46.5 Å². The van der Waals surface area contributed by atoms with Gasteiger partial charge in [-0.15, -0.1) is 0 Å². The number of rotatable bonds is 0. The minimum Gasteiger partial charge on any atom is -0.504 e. The van der Waals surface area contributed by atoms with Crippen molar-refractivity contribution in [3.8, 4) is 23.0 Å². The molecule has 3 aliphatic rings. The molecule has 2 aromatic carbocycles. The molecule has 6 amide bonds. The van der Waals surface area contributed by atoms with Crippen LogP contribution in [0.3, 0.4) is 0 Å². The van der Waals surface area contributed by atoms with E-state index < -0.39 is 57.7 Å². The molecular weight excluding hydrogens is 536 g/mol. The van der Waals surface area contributed by atoms with Gasteiger partial charge in [-0.25, -0.2) is 9.59 Å². The van der Waals surface area contributed by atoms with Gasteiger partial charge >= 0.3 is 12.1 Å². The molecule has 1 aliphatic carbocycles. The Morgan fingerprint density at radius 2 is 0.763 bits per heavy atom. The van der Waals surface area contributed by atoms with Crippen molar-refractivity contribution in [2.24, 2.45) is 0 Å². The lowest BCUT2D eigenvalue weighted by atomic mass is 9.55. The second-order valence-electron chi connectivity index (χ2n) is 9.29. The topological polar surface area (TPSA) is 162 Å². The number of amides is 6. The van der Waals surface area contributed by atoms with Crippen molar-refractivity contribution in [3.63, 3.8) is 0 Å². The molecule has 0 radical (unpaired) electrons. The summed E-state index contributed by atoms with van der Waals surface area (Å²) in [5, 5.41) is 42.3. The first-order valence-electron chi connectivity index (χ1n) is 11.0. The van der Waals surface area contributed by atoms with E-state index in [1.807, 2.05) is 0 Å². The first-order valence-corrected chi connectivity index (χ1v) is 11.8. The number of fused-ring (bicyclic) bond motifs is 6. The lowest BCUT2D eigenvalue weighted by Gasteiger charge is -2.54. The summed E-state index contributed by atoms with van der Waals surface area (Å²) in [6.07, 6.45) is 0. The van der Waals surface area contributed by atoms with Crippen LogP contribution in [0.15, 0.2) is 24.3 Å². The Morgan fingerprint density at radius 1 is 0.526 bits per heavy atom. The molecule has 196 valence electrons. The fourth-order valence-electron chi connectivity index (χ4n) is 5.59. The van der Waals surface area contributed by atoms with Gasteiger partial charge in [0.2, 0.25) is 0 Å². The van der Waals surface area contributed by atoms with Gasteiger partial charge in [0, 0.05) is 28.2 Å². The molecular formula is C24H20N4O8S2. The predicted octanol–water partition coefficient (Wildman–Crippen LogP) is 1.10. The summed E-state index contributed by atoms with van der Waals surface area (Å²) in [4.78, 5) is 56.9. The van der Waals surface area contributed by atoms with Crippen LogP contribution in [0.5, 0.6) is 23.0 Å². The van der Waals surface area contributed by atoms with Gasteiger partial charge in [-0.3, -0.25) is 29.2 Å². The quantitative estimate of drug-likeness (QED) is 0.273. The lowest BCUT2D eigenvalue weighted by Crippen LogP contribution is -2.71. The summed E-state index contributed by atoms with van der Waals surface area (Å²) >= 11 is 11.3. The van der Waals surface area contributed by atoms with Gasteiger partial charge in [-0.1, -0.05) is 24.4 Å². The number of thiocarbonyl (C=S) groups is 2. The van der Waals surface area contributed by atoms with Crippen LogP contribution in [0.2, 0.25) is 0 Å². The molecule has 14 heteroatoms. The minimum absolute atomic E-state index is 0.113. The summed E-state index contributed by atoms with van der Waals surface area (Å²) in [6, 6.07) is 2.63. The molecule has 2 aromatic rings. The molecule has 0 aromatic heterocycles. The maximum Gasteiger partial charge on any atom is 0.331 e. The van der Waals surface area contributed by atoms with Crippen LogP contribution in [0.1, 0.15) is 22.3 Å². The van der Waals surface area contributed by atoms with Crippen LogP contribution < -0.4 is 0 Å². The van der Waals surface area contributed by atoms with Gasteiger partial charge in [0.1, 0.15) is 9.98 Å². The van der Waals surface area contributed by atoms with Crippen molar-refractivity contribution in [1.82, 2.24) is 19.6 Å². The molecule has 2 heterocycles. The van der Waals surface area contributed by atoms with Gasteiger partial charge < -0.3 is 20.4 Å². The Bertz CT molecular complexity index is 1350. The van der Waals surface area contributed by atoms with E-state index >= 15 is 0 Å². The van der Waals surface area contributed by atoms with E-state index in [0.29, 0.717) is 0 Å². The number of phenols is 4. The molecule has 0 bridgehead atoms. The molecule has 38 heavy (non-hydrogen) atoms. The first-order chi connectivity index (χ1) is 17.7. The molecule has 4 N–H and O–H groups in total. The molecule has 0 unspecified atom stereocenters. The van der Waals surface area contributed by atoms with Crippen molar-refractivity contribution >= 4 is 58.3 Å². The number of phenolic OH excluding ortho intramolecular Hbond substituents is 4. The van der Waals surface area contributed by atoms with Crippen molar-refractivity contribution in [2.75, 3.05) is 28.2 Å². The number of aromatic hydroxyl groups is 4. The van der Waals surface area contributed by atoms with E-state index in [1.165, 1.54) is 28.2 Å². The SMILES string of the molecule is CN1C(=O)N(C)C(=S)C2(C1=O)c1cc(O)c(O)cc1C1(C(=O)N(C)C(=O)N(C)C1=S)c1cc(O)c(O)cc12. The van der Waals surface area contributed by atoms with Crippen LogP contribution in [-0.2, 0) is 20.4 Å². The molecule has 12 nitrogen and oxygen atoms in total. The molecule has 2 fully saturated rings. The first kappa shape index (κ1) is 25.4. The number of hydrogen-bond donors (Lipinski definition) is 4. The van der Waals surface area contributed by atoms with Crippen LogP contribution >= 0.6 is 24.4 Å². The Hall–Kier alpha value is -4.30. The number of carbonyl (C=O) groups is 4. The van der Waals surface area contributed by atoms with Crippen LogP contribution in [0.25, 0.3) is 0 Å². The minimum atomic E-state index is -2.10. The maximum absolute atomic E-state index is 14.1. The fraction of sp³-hybridized carbons (Fsp3) is 0.250. The zero-order chi connectivity index (χ0) is 28.2. The molecule has 2 aliphatic heterocycles. The van der Waals surface area contributed by atoms with E-state index in [4.69, 9.17) is 24.4 Å². The predicted molar refractivity (Wildman–Crippen MR) is 138 cm³/mol. The number of urea groups is 2. The Balaban J connectivity index is 2.07. The highest BCUT2D eigenvalue weighted by Crippen LogP contribution is 2.58. The second-order valence-corrected chi connectivity index (χ2v) is 10.1. The van der Waals surface area contributed by atoms with E-state index in [-0.39, 0.29) is 32.2 Å². The molecule has 0 saturated carbocycles. The molecule has 0 atom stereocenters. The largest absolute Gasteiger partial charge is 0.504 e. The molecule has 2 spiro atoms. The third-order valence-electron chi connectivity index (χ3n) is 7.49. The van der Waals surface area contributed by atoms with Crippen LogP contribution in [0.4, 0.5) is 9.59 Å². The van der Waals surface area contributed by atoms with Gasteiger partial charge in [0.05, 0.1) is 0 Å². The smallest absolute Gasteiger partial charge is 0.331 e. The average Bonchev–Trinajstić information content (AvgIpc) is 2.88. The third-order valence-corrected chi connectivity index (χ3v) is 8.66. The van der Waals surface area contributed by atoms with E-state index in [0.717, 1.165) is 43.9 Å². The number of nitrogens with zero attached hydrogens (tertiary/aromatic N) is 4. The average molecular weight is 557 g/mol. The van der Waals surface area contributed by atoms with Crippen molar-refractivity contribution in [1.29, 1.82) is 0 Å². The standard InChI is InChI=1S/C24H20N4O8S2/c1-25-17(33)23(19(37)27(3)21(25)35)9-5-13(29)15(31)7-11(9)24(12-8-16(32)14(30)6-10(12)23)18(34)26(2)22(36)28(4)20(24)38/h5-8,29-32H,1-4H3. The third kappa shape index (κ3) is 2.58. The fourth-order valence-corrected chi connectivity index (χ4v) is 6.36. The molecule has 5 rings (SSSR count). The van der Waals surface area contributed by atoms with Crippen molar-refractivity contribution < 1.29 is 39.6 Å². The second kappa shape index (κ2) is 7.61. The van der Waals surface area contributed by atoms with Crippen LogP contribution in [-0.4, -0.2) is 102 Å². The lowest BCUT2D eigenvalue weighted by molar-refractivity contribution is -0.133. The number of carbonyl (C=O) groups excluding carboxylic acids is 4. The highest BCUT2D eigenvalue weighted by molar-refractivity contribution is 7.80. The summed E-state index contributed by atoms with van der Waals surface area (Å²) in [6.45, 7) is 0. The number of hydrogen-bond acceptors (Lipinski definition) is 10. The highest BCUT2D eigenvalue weighted by Gasteiger charge is 2.67. The van der Waals surface area contributed by atoms with Gasteiger partial charge in [-0.2, -0.15) is 0 Å². The summed E-state index contributed by atoms with van der Waals surface area (Å²) < 4.78 is 0. The Labute approximate surface area is 225 Å². The van der Waals surface area contributed by atoms with Crippen LogP contribution in [0, 0.1) is 0 Å². The zero-order valence-electron chi connectivity index (χ0n) is 20.3.